The van der Waals surface area contributed by atoms with Crippen molar-refractivity contribution in [3.63, 3.8) is 0 Å². The number of halogens is 1. The summed E-state index contributed by atoms with van der Waals surface area (Å²) in [5.74, 6) is 2.03. The zero-order valence-electron chi connectivity index (χ0n) is 12.8. The van der Waals surface area contributed by atoms with E-state index in [4.69, 9.17) is 21.1 Å². The highest BCUT2D eigenvalue weighted by molar-refractivity contribution is 6.32. The van der Waals surface area contributed by atoms with E-state index in [2.05, 4.69) is 33.0 Å². The molecule has 1 aliphatic rings. The van der Waals surface area contributed by atoms with E-state index in [-0.39, 0.29) is 0 Å². The summed E-state index contributed by atoms with van der Waals surface area (Å²) < 4.78 is 11.1. The van der Waals surface area contributed by atoms with Crippen molar-refractivity contribution in [3.05, 3.63) is 22.7 Å². The minimum atomic E-state index is 0.317. The molecule has 20 heavy (non-hydrogen) atoms. The highest BCUT2D eigenvalue weighted by atomic mass is 35.5. The van der Waals surface area contributed by atoms with Crippen LogP contribution in [0.3, 0.4) is 0 Å². The third-order valence-electron chi connectivity index (χ3n) is 3.91. The molecule has 0 bridgehead atoms. The lowest BCUT2D eigenvalue weighted by molar-refractivity contribution is 0.171. The minimum absolute atomic E-state index is 0.317. The van der Waals surface area contributed by atoms with Gasteiger partial charge in [0.2, 0.25) is 0 Å². The quantitative estimate of drug-likeness (QED) is 0.915. The maximum absolute atomic E-state index is 6.23. The second kappa shape index (κ2) is 6.23. The Kier molecular flexibility index (Phi) is 4.82. The minimum Gasteiger partial charge on any atom is -0.486 e. The van der Waals surface area contributed by atoms with E-state index in [1.54, 1.807) is 0 Å². The lowest BCUT2D eigenvalue weighted by atomic mass is 9.82. The van der Waals surface area contributed by atoms with Crippen LogP contribution in [0.2, 0.25) is 5.02 Å². The Bertz CT molecular complexity index is 468. The molecule has 1 N–H and O–H groups in total. The van der Waals surface area contributed by atoms with E-state index >= 15 is 0 Å². The maximum Gasteiger partial charge on any atom is 0.179 e. The normalized spacial score (nSPS) is 16.1. The molecular formula is C16H24ClNO2. The Morgan fingerprint density at radius 2 is 1.95 bits per heavy atom. The summed E-state index contributed by atoms with van der Waals surface area (Å²) in [6.07, 6.45) is 0. The molecule has 1 unspecified atom stereocenters. The van der Waals surface area contributed by atoms with Gasteiger partial charge < -0.3 is 14.8 Å². The van der Waals surface area contributed by atoms with Gasteiger partial charge in [-0.1, -0.05) is 39.3 Å². The van der Waals surface area contributed by atoms with Crippen molar-refractivity contribution in [2.24, 2.45) is 11.3 Å². The molecule has 0 amide bonds. The van der Waals surface area contributed by atoms with Crippen molar-refractivity contribution in [3.8, 4) is 11.5 Å². The molecule has 1 aromatic rings. The number of nitrogens with one attached hydrogen (secondary N) is 1. The monoisotopic (exact) mass is 297 g/mol. The van der Waals surface area contributed by atoms with Crippen LogP contribution in [0.25, 0.3) is 0 Å². The fraction of sp³-hybridized carbons (Fsp3) is 0.625. The van der Waals surface area contributed by atoms with Gasteiger partial charge in [0.25, 0.3) is 0 Å². The smallest absolute Gasteiger partial charge is 0.179 e. The van der Waals surface area contributed by atoms with E-state index < -0.39 is 0 Å². The molecule has 2 rings (SSSR count). The second-order valence-electron chi connectivity index (χ2n) is 6.50. The van der Waals surface area contributed by atoms with E-state index in [9.17, 15) is 0 Å². The molecule has 1 aromatic carbocycles. The van der Waals surface area contributed by atoms with Crippen molar-refractivity contribution in [2.45, 2.75) is 34.2 Å². The second-order valence-corrected chi connectivity index (χ2v) is 6.91. The fourth-order valence-corrected chi connectivity index (χ4v) is 2.29. The van der Waals surface area contributed by atoms with Gasteiger partial charge in [0.1, 0.15) is 13.2 Å². The lowest BCUT2D eigenvalue weighted by Crippen LogP contribution is -2.29. The van der Waals surface area contributed by atoms with Gasteiger partial charge in [-0.2, -0.15) is 0 Å². The summed E-state index contributed by atoms with van der Waals surface area (Å²) in [6, 6.07) is 3.96. The Labute approximate surface area is 126 Å². The molecule has 0 fully saturated rings. The highest BCUT2D eigenvalue weighted by Gasteiger charge is 2.20. The van der Waals surface area contributed by atoms with Gasteiger partial charge in [0, 0.05) is 6.54 Å². The van der Waals surface area contributed by atoms with Gasteiger partial charge in [0.15, 0.2) is 11.5 Å². The van der Waals surface area contributed by atoms with E-state index in [0.717, 1.165) is 24.4 Å². The van der Waals surface area contributed by atoms with Crippen LogP contribution in [0.5, 0.6) is 11.5 Å². The third kappa shape index (κ3) is 3.80. The summed E-state index contributed by atoms with van der Waals surface area (Å²) in [4.78, 5) is 0. The molecule has 0 spiro atoms. The van der Waals surface area contributed by atoms with Gasteiger partial charge in [-0.25, -0.2) is 0 Å². The Hall–Kier alpha value is -0.930. The SMILES string of the molecule is CC(CNCc1cc(Cl)c2c(c1)OCCO2)C(C)(C)C. The average Bonchev–Trinajstić information content (AvgIpc) is 2.37. The highest BCUT2D eigenvalue weighted by Crippen LogP contribution is 2.38. The van der Waals surface area contributed by atoms with Crippen molar-refractivity contribution in [2.75, 3.05) is 19.8 Å². The largest absolute Gasteiger partial charge is 0.486 e. The number of hydrogen-bond donors (Lipinski definition) is 1. The number of rotatable bonds is 4. The van der Waals surface area contributed by atoms with Crippen LogP contribution < -0.4 is 14.8 Å². The Morgan fingerprint density at radius 3 is 2.65 bits per heavy atom. The lowest BCUT2D eigenvalue weighted by Gasteiger charge is -2.27. The number of benzene rings is 1. The topological polar surface area (TPSA) is 30.5 Å². The van der Waals surface area contributed by atoms with Gasteiger partial charge in [-0.3, -0.25) is 0 Å². The summed E-state index contributed by atoms with van der Waals surface area (Å²) in [6.45, 7) is 12.0. The molecule has 1 aliphatic heterocycles. The zero-order valence-corrected chi connectivity index (χ0v) is 13.5. The van der Waals surface area contributed by atoms with E-state index in [1.807, 2.05) is 12.1 Å². The first-order valence-electron chi connectivity index (χ1n) is 7.16. The molecule has 0 radical (unpaired) electrons. The molecule has 0 saturated carbocycles. The standard InChI is InChI=1S/C16H24ClNO2/c1-11(16(2,3)4)9-18-10-12-7-13(17)15-14(8-12)19-5-6-20-15/h7-8,11,18H,5-6,9-10H2,1-4H3. The molecule has 0 aromatic heterocycles. The van der Waals surface area contributed by atoms with Crippen molar-refractivity contribution in [1.82, 2.24) is 5.32 Å². The number of fused-ring (bicyclic) bond motifs is 1. The van der Waals surface area contributed by atoms with Crippen LogP contribution >= 0.6 is 11.6 Å². The van der Waals surface area contributed by atoms with E-state index in [1.165, 1.54) is 0 Å². The van der Waals surface area contributed by atoms with Gasteiger partial charge in [-0.15, -0.1) is 0 Å². The van der Waals surface area contributed by atoms with Crippen LogP contribution in [0.1, 0.15) is 33.3 Å². The molecule has 1 atom stereocenters. The Balaban J connectivity index is 1.95. The van der Waals surface area contributed by atoms with Crippen LogP contribution in [0.15, 0.2) is 12.1 Å². The molecule has 1 heterocycles. The summed E-state index contributed by atoms with van der Waals surface area (Å²) >= 11 is 6.23. The maximum atomic E-state index is 6.23. The third-order valence-corrected chi connectivity index (χ3v) is 4.20. The zero-order chi connectivity index (χ0) is 14.8. The summed E-state index contributed by atoms with van der Waals surface area (Å²) in [5.41, 5.74) is 1.44. The van der Waals surface area contributed by atoms with Crippen molar-refractivity contribution >= 4 is 11.6 Å². The molecule has 3 nitrogen and oxygen atoms in total. The first kappa shape index (κ1) is 15.5. The molecule has 0 aliphatic carbocycles. The number of hydrogen-bond acceptors (Lipinski definition) is 3. The molecule has 4 heteroatoms. The van der Waals surface area contributed by atoms with Crippen LogP contribution in [0, 0.1) is 11.3 Å². The molecular weight excluding hydrogens is 274 g/mol. The predicted molar refractivity (Wildman–Crippen MR) is 82.8 cm³/mol. The first-order valence-corrected chi connectivity index (χ1v) is 7.54. The fourth-order valence-electron chi connectivity index (χ4n) is 2.01. The average molecular weight is 298 g/mol. The Morgan fingerprint density at radius 1 is 1.25 bits per heavy atom. The van der Waals surface area contributed by atoms with Gasteiger partial charge >= 0.3 is 0 Å². The molecule has 112 valence electrons. The van der Waals surface area contributed by atoms with Crippen molar-refractivity contribution < 1.29 is 9.47 Å². The van der Waals surface area contributed by atoms with Gasteiger partial charge in [0.05, 0.1) is 5.02 Å². The number of ether oxygens (including phenoxy) is 2. The van der Waals surface area contributed by atoms with Gasteiger partial charge in [-0.05, 0) is 35.6 Å². The van der Waals surface area contributed by atoms with Crippen LogP contribution in [-0.2, 0) is 6.54 Å². The first-order chi connectivity index (χ1) is 9.38. The summed E-state index contributed by atoms with van der Waals surface area (Å²) in [5, 5.41) is 4.11. The van der Waals surface area contributed by atoms with Crippen LogP contribution in [0.4, 0.5) is 0 Å². The summed E-state index contributed by atoms with van der Waals surface area (Å²) in [7, 11) is 0. The van der Waals surface area contributed by atoms with E-state index in [0.29, 0.717) is 35.3 Å². The predicted octanol–water partition coefficient (Wildman–Crippen LogP) is 3.88. The van der Waals surface area contributed by atoms with Crippen molar-refractivity contribution in [1.29, 1.82) is 0 Å². The molecule has 0 saturated heterocycles. The van der Waals surface area contributed by atoms with Crippen LogP contribution in [-0.4, -0.2) is 19.8 Å².